The number of esters is 1. The van der Waals surface area contributed by atoms with Crippen molar-refractivity contribution >= 4 is 11.9 Å². The maximum atomic E-state index is 11.9. The van der Waals surface area contributed by atoms with Gasteiger partial charge in [0, 0.05) is 25.0 Å². The largest absolute Gasteiger partial charge is 0.466 e. The highest BCUT2D eigenvalue weighted by Gasteiger charge is 2.42. The molecule has 0 aromatic rings. The van der Waals surface area contributed by atoms with Crippen LogP contribution in [0.5, 0.6) is 0 Å². The minimum absolute atomic E-state index is 0.131. The molecule has 2 heterocycles. The molecule has 2 aliphatic heterocycles. The Balaban J connectivity index is 1.59. The number of hydrogen-bond acceptors (Lipinski definition) is 4. The van der Waals surface area contributed by atoms with Gasteiger partial charge in [0.15, 0.2) is 0 Å². The third kappa shape index (κ3) is 3.22. The molecule has 18 heavy (non-hydrogen) atoms. The topological polar surface area (TPSA) is 67.4 Å². The molecule has 0 aliphatic carbocycles. The van der Waals surface area contributed by atoms with Crippen LogP contribution >= 0.6 is 0 Å². The molecule has 0 radical (unpaired) electrons. The van der Waals surface area contributed by atoms with E-state index < -0.39 is 0 Å². The number of ether oxygens (including phenoxy) is 1. The molecule has 5 heteroatoms. The number of carbonyl (C=O) groups excluding carboxylic acids is 2. The van der Waals surface area contributed by atoms with Crippen LogP contribution in [0.1, 0.15) is 39.0 Å². The molecule has 102 valence electrons. The van der Waals surface area contributed by atoms with Crippen LogP contribution in [0, 0.1) is 5.92 Å². The molecule has 0 aromatic heterocycles. The molecule has 2 fully saturated rings. The first-order chi connectivity index (χ1) is 8.70. The van der Waals surface area contributed by atoms with E-state index in [0.29, 0.717) is 38.1 Å². The number of hydrogen-bond donors (Lipinski definition) is 2. The van der Waals surface area contributed by atoms with Crippen LogP contribution < -0.4 is 10.6 Å². The SMILES string of the molecule is CCOC(=O)CCCNC(=O)C1CC2CCC1N2. The van der Waals surface area contributed by atoms with E-state index >= 15 is 0 Å². The summed E-state index contributed by atoms with van der Waals surface area (Å²) in [5, 5.41) is 6.37. The monoisotopic (exact) mass is 254 g/mol. The number of rotatable bonds is 6. The van der Waals surface area contributed by atoms with Gasteiger partial charge in [-0.15, -0.1) is 0 Å². The summed E-state index contributed by atoms with van der Waals surface area (Å²) < 4.78 is 4.83. The van der Waals surface area contributed by atoms with E-state index in [1.807, 2.05) is 0 Å². The van der Waals surface area contributed by atoms with Crippen LogP contribution in [0.25, 0.3) is 0 Å². The fourth-order valence-corrected chi connectivity index (χ4v) is 2.92. The molecular weight excluding hydrogens is 232 g/mol. The second-order valence-corrected chi connectivity index (χ2v) is 5.09. The minimum Gasteiger partial charge on any atom is -0.466 e. The summed E-state index contributed by atoms with van der Waals surface area (Å²) in [7, 11) is 0. The first-order valence-corrected chi connectivity index (χ1v) is 6.90. The van der Waals surface area contributed by atoms with E-state index in [0.717, 1.165) is 12.8 Å². The van der Waals surface area contributed by atoms with E-state index in [-0.39, 0.29) is 17.8 Å². The lowest BCUT2D eigenvalue weighted by Gasteiger charge is -2.19. The van der Waals surface area contributed by atoms with Crippen LogP contribution in [0.15, 0.2) is 0 Å². The van der Waals surface area contributed by atoms with Crippen molar-refractivity contribution in [3.8, 4) is 0 Å². The van der Waals surface area contributed by atoms with Crippen molar-refractivity contribution in [1.82, 2.24) is 10.6 Å². The Morgan fingerprint density at radius 3 is 2.83 bits per heavy atom. The van der Waals surface area contributed by atoms with Crippen molar-refractivity contribution in [1.29, 1.82) is 0 Å². The molecule has 2 aliphatic rings. The molecule has 2 saturated heterocycles. The summed E-state index contributed by atoms with van der Waals surface area (Å²) in [4.78, 5) is 23.0. The first kappa shape index (κ1) is 13.3. The second kappa shape index (κ2) is 6.18. The van der Waals surface area contributed by atoms with Crippen molar-refractivity contribution in [2.75, 3.05) is 13.2 Å². The molecule has 0 spiro atoms. The second-order valence-electron chi connectivity index (χ2n) is 5.09. The smallest absolute Gasteiger partial charge is 0.305 e. The molecule has 0 saturated carbocycles. The van der Waals surface area contributed by atoms with Gasteiger partial charge in [0.2, 0.25) is 5.91 Å². The zero-order valence-electron chi connectivity index (χ0n) is 10.9. The van der Waals surface area contributed by atoms with E-state index in [1.54, 1.807) is 6.92 Å². The van der Waals surface area contributed by atoms with E-state index in [9.17, 15) is 9.59 Å². The van der Waals surface area contributed by atoms with Crippen molar-refractivity contribution in [2.24, 2.45) is 5.92 Å². The highest BCUT2D eigenvalue weighted by Crippen LogP contribution is 2.33. The Morgan fingerprint density at radius 2 is 2.22 bits per heavy atom. The number of amides is 1. The third-order valence-electron chi connectivity index (χ3n) is 3.80. The van der Waals surface area contributed by atoms with Crippen molar-refractivity contribution in [2.45, 2.75) is 51.1 Å². The molecule has 3 atom stereocenters. The van der Waals surface area contributed by atoms with Gasteiger partial charge < -0.3 is 15.4 Å². The summed E-state index contributed by atoms with van der Waals surface area (Å²) in [5.74, 6) is 0.0817. The van der Waals surface area contributed by atoms with Gasteiger partial charge in [-0.25, -0.2) is 0 Å². The normalized spacial score (nSPS) is 29.3. The summed E-state index contributed by atoms with van der Waals surface area (Å²) in [6.07, 6.45) is 4.32. The summed E-state index contributed by atoms with van der Waals surface area (Å²) in [6.45, 7) is 2.77. The van der Waals surface area contributed by atoms with E-state index in [1.165, 1.54) is 6.42 Å². The molecule has 0 aromatic carbocycles. The molecule has 2 N–H and O–H groups in total. The van der Waals surface area contributed by atoms with Crippen LogP contribution in [-0.4, -0.2) is 37.1 Å². The summed E-state index contributed by atoms with van der Waals surface area (Å²) >= 11 is 0. The highest BCUT2D eigenvalue weighted by atomic mass is 16.5. The van der Waals surface area contributed by atoms with Gasteiger partial charge in [-0.2, -0.15) is 0 Å². The van der Waals surface area contributed by atoms with Gasteiger partial charge >= 0.3 is 5.97 Å². The maximum absolute atomic E-state index is 11.9. The maximum Gasteiger partial charge on any atom is 0.305 e. The molecule has 1 amide bonds. The Hall–Kier alpha value is -1.10. The van der Waals surface area contributed by atoms with Gasteiger partial charge in [-0.3, -0.25) is 9.59 Å². The predicted molar refractivity (Wildman–Crippen MR) is 66.9 cm³/mol. The van der Waals surface area contributed by atoms with Crippen LogP contribution in [-0.2, 0) is 14.3 Å². The number of nitrogens with one attached hydrogen (secondary N) is 2. The Morgan fingerprint density at radius 1 is 1.39 bits per heavy atom. The van der Waals surface area contributed by atoms with Gasteiger partial charge in [-0.1, -0.05) is 0 Å². The molecule has 3 unspecified atom stereocenters. The van der Waals surface area contributed by atoms with E-state index in [4.69, 9.17) is 4.74 Å². The summed E-state index contributed by atoms with van der Waals surface area (Å²) in [5.41, 5.74) is 0. The van der Waals surface area contributed by atoms with Crippen molar-refractivity contribution in [3.63, 3.8) is 0 Å². The van der Waals surface area contributed by atoms with Crippen LogP contribution in [0.3, 0.4) is 0 Å². The number of carbonyl (C=O) groups is 2. The fourth-order valence-electron chi connectivity index (χ4n) is 2.92. The van der Waals surface area contributed by atoms with Crippen LogP contribution in [0.2, 0.25) is 0 Å². The molecule has 5 nitrogen and oxygen atoms in total. The standard InChI is InChI=1S/C13H22N2O3/c1-2-18-12(16)4-3-7-14-13(17)10-8-9-5-6-11(10)15-9/h9-11,15H,2-8H2,1H3,(H,14,17). The van der Waals surface area contributed by atoms with Gasteiger partial charge in [0.05, 0.1) is 12.5 Å². The third-order valence-corrected chi connectivity index (χ3v) is 3.80. The average Bonchev–Trinajstić information content (AvgIpc) is 2.97. The Labute approximate surface area is 108 Å². The predicted octanol–water partition coefficient (Wildman–Crippen LogP) is 0.586. The zero-order valence-corrected chi connectivity index (χ0v) is 10.9. The lowest BCUT2D eigenvalue weighted by Crippen LogP contribution is -2.38. The summed E-state index contributed by atoms with van der Waals surface area (Å²) in [6, 6.07) is 0.922. The highest BCUT2D eigenvalue weighted by molar-refractivity contribution is 5.80. The number of fused-ring (bicyclic) bond motifs is 2. The van der Waals surface area contributed by atoms with Gasteiger partial charge in [-0.05, 0) is 32.6 Å². The lowest BCUT2D eigenvalue weighted by atomic mass is 9.88. The molecule has 2 rings (SSSR count). The quantitative estimate of drug-likeness (QED) is 0.537. The zero-order chi connectivity index (χ0) is 13.0. The van der Waals surface area contributed by atoms with Crippen molar-refractivity contribution in [3.05, 3.63) is 0 Å². The Kier molecular flexibility index (Phi) is 4.58. The van der Waals surface area contributed by atoms with Crippen LogP contribution in [0.4, 0.5) is 0 Å². The average molecular weight is 254 g/mol. The first-order valence-electron chi connectivity index (χ1n) is 6.90. The van der Waals surface area contributed by atoms with E-state index in [2.05, 4.69) is 10.6 Å². The van der Waals surface area contributed by atoms with Gasteiger partial charge in [0.1, 0.15) is 0 Å². The Bertz CT molecular complexity index is 319. The van der Waals surface area contributed by atoms with Gasteiger partial charge in [0.25, 0.3) is 0 Å². The fraction of sp³-hybridized carbons (Fsp3) is 0.846. The molecule has 2 bridgehead atoms. The lowest BCUT2D eigenvalue weighted by molar-refractivity contribution is -0.143. The molecular formula is C13H22N2O3. The minimum atomic E-state index is -0.187. The van der Waals surface area contributed by atoms with Crippen molar-refractivity contribution < 1.29 is 14.3 Å².